The van der Waals surface area contributed by atoms with Crippen molar-refractivity contribution in [2.24, 2.45) is 0 Å². The lowest BCUT2D eigenvalue weighted by Gasteiger charge is -2.48. The SMILES string of the molecule is CN[C@@H]1C[C@@H]2O[C@@](C)([C@@H]1OC)n1c3ccccc3c3c4c(c5c6c(n2c5c31)CCCC6)C(=O)NC4. The number of fused-ring (bicyclic) bond motifs is 13. The number of methoxy groups -OCH3 is 1. The van der Waals surface area contributed by atoms with E-state index in [9.17, 15) is 4.79 Å². The molecule has 2 bridgehead atoms. The molecule has 0 saturated carbocycles. The zero-order chi connectivity index (χ0) is 23.6. The Morgan fingerprint density at radius 3 is 2.80 bits per heavy atom. The molecule has 1 amide bonds. The highest BCUT2D eigenvalue weighted by Crippen LogP contribution is 2.53. The van der Waals surface area contributed by atoms with Crippen LogP contribution < -0.4 is 10.6 Å². The minimum absolute atomic E-state index is 0.0615. The molecule has 0 spiro atoms. The third kappa shape index (κ3) is 2.22. The normalized spacial score (nSPS) is 29.1. The minimum Gasteiger partial charge on any atom is -0.375 e. The molecule has 3 aliphatic heterocycles. The molecule has 5 heterocycles. The van der Waals surface area contributed by atoms with E-state index in [4.69, 9.17) is 9.47 Å². The lowest BCUT2D eigenvalue weighted by Crippen LogP contribution is -2.59. The maximum absolute atomic E-state index is 13.4. The highest BCUT2D eigenvalue weighted by molar-refractivity contribution is 6.26. The van der Waals surface area contributed by atoms with Crippen LogP contribution in [-0.2, 0) is 34.6 Å². The van der Waals surface area contributed by atoms with Gasteiger partial charge in [0.1, 0.15) is 12.3 Å². The molecule has 2 aromatic carbocycles. The van der Waals surface area contributed by atoms with E-state index in [-0.39, 0.29) is 24.3 Å². The summed E-state index contributed by atoms with van der Waals surface area (Å²) in [6.07, 6.45) is 4.89. The van der Waals surface area contributed by atoms with Crippen LogP contribution in [0, 0.1) is 0 Å². The van der Waals surface area contributed by atoms with E-state index in [1.54, 1.807) is 7.11 Å². The first kappa shape index (κ1) is 20.3. The lowest BCUT2D eigenvalue weighted by molar-refractivity contribution is -0.257. The van der Waals surface area contributed by atoms with Gasteiger partial charge in [0.05, 0.1) is 22.1 Å². The predicted molar refractivity (Wildman–Crippen MR) is 135 cm³/mol. The monoisotopic (exact) mass is 470 g/mol. The van der Waals surface area contributed by atoms with Crippen molar-refractivity contribution < 1.29 is 14.3 Å². The van der Waals surface area contributed by atoms with E-state index in [2.05, 4.69) is 51.0 Å². The number of aryl methyl sites for hydroxylation is 1. The van der Waals surface area contributed by atoms with Crippen LogP contribution in [0.1, 0.15) is 59.6 Å². The summed E-state index contributed by atoms with van der Waals surface area (Å²) in [5, 5.41) is 10.2. The van der Waals surface area contributed by atoms with Gasteiger partial charge in [-0.05, 0) is 56.8 Å². The zero-order valence-electron chi connectivity index (χ0n) is 20.4. The molecule has 7 heteroatoms. The molecule has 4 aliphatic rings. The van der Waals surface area contributed by atoms with Crippen molar-refractivity contribution in [3.05, 3.63) is 46.6 Å². The maximum atomic E-state index is 13.4. The van der Waals surface area contributed by atoms with Gasteiger partial charge in [0.25, 0.3) is 5.91 Å². The topological polar surface area (TPSA) is 69.5 Å². The van der Waals surface area contributed by atoms with Crippen LogP contribution in [0.25, 0.3) is 32.7 Å². The fraction of sp³-hybridized carbons (Fsp3) is 0.464. The third-order valence-corrected chi connectivity index (χ3v) is 9.19. The number of likely N-dealkylation sites (N-methyl/N-ethyl adjacent to an activating group) is 1. The average Bonchev–Trinajstić information content (AvgIpc) is 3.51. The van der Waals surface area contributed by atoms with Gasteiger partial charge in [0.2, 0.25) is 0 Å². The van der Waals surface area contributed by atoms with Crippen molar-refractivity contribution in [1.29, 1.82) is 0 Å². The Morgan fingerprint density at radius 1 is 1.14 bits per heavy atom. The second-order valence-corrected chi connectivity index (χ2v) is 10.8. The van der Waals surface area contributed by atoms with Gasteiger partial charge in [-0.15, -0.1) is 0 Å². The summed E-state index contributed by atoms with van der Waals surface area (Å²) in [5.74, 6) is 0.0615. The number of rotatable bonds is 2. The molecule has 4 atom stereocenters. The van der Waals surface area contributed by atoms with E-state index in [0.717, 1.165) is 47.7 Å². The van der Waals surface area contributed by atoms with Gasteiger partial charge in [-0.2, -0.15) is 0 Å². The molecule has 1 fully saturated rings. The number of carbonyl (C=O) groups excluding carboxylic acids is 1. The molecule has 180 valence electrons. The molecule has 2 aromatic heterocycles. The molecule has 35 heavy (non-hydrogen) atoms. The number of hydrogen-bond acceptors (Lipinski definition) is 4. The van der Waals surface area contributed by atoms with Crippen molar-refractivity contribution in [2.75, 3.05) is 14.2 Å². The first-order chi connectivity index (χ1) is 17.1. The standard InChI is InChI=1S/C28H30N4O3/c1-28-26(34-3)17(29-2)12-20(35-28)31-18-10-6-4-8-14(18)22-23-16(13-30-27(23)33)21-15-9-5-7-11-19(15)32(28)25(21)24(22)31/h5,7,9,11,17,20,26,29H,4,6,8,10,12-13H2,1-3H3,(H,30,33)/t17-,20+,26-,28+/m1/s1. The summed E-state index contributed by atoms with van der Waals surface area (Å²) in [6.45, 7) is 2.76. The lowest BCUT2D eigenvalue weighted by atomic mass is 9.90. The Hall–Kier alpha value is -2.87. The number of para-hydroxylation sites is 1. The molecule has 2 N–H and O–H groups in total. The fourth-order valence-corrected chi connectivity index (χ4v) is 7.93. The van der Waals surface area contributed by atoms with Crippen molar-refractivity contribution in [2.45, 2.75) is 69.7 Å². The van der Waals surface area contributed by atoms with Crippen LogP contribution in [0.5, 0.6) is 0 Å². The van der Waals surface area contributed by atoms with E-state index >= 15 is 0 Å². The Labute approximate surface area is 203 Å². The Morgan fingerprint density at radius 2 is 1.97 bits per heavy atom. The van der Waals surface area contributed by atoms with Gasteiger partial charge in [0.15, 0.2) is 5.72 Å². The summed E-state index contributed by atoms with van der Waals surface area (Å²) in [7, 11) is 3.81. The van der Waals surface area contributed by atoms with Gasteiger partial charge in [-0.1, -0.05) is 18.2 Å². The Balaban J connectivity index is 1.68. The van der Waals surface area contributed by atoms with Crippen molar-refractivity contribution in [1.82, 2.24) is 19.8 Å². The van der Waals surface area contributed by atoms with Gasteiger partial charge < -0.3 is 29.2 Å². The second-order valence-electron chi connectivity index (χ2n) is 10.8. The minimum atomic E-state index is -0.718. The Kier molecular flexibility index (Phi) is 3.87. The molecular weight excluding hydrogens is 440 g/mol. The van der Waals surface area contributed by atoms with Gasteiger partial charge >= 0.3 is 0 Å². The molecule has 7 nitrogen and oxygen atoms in total. The molecule has 8 rings (SSSR count). The van der Waals surface area contributed by atoms with Gasteiger partial charge in [-0.3, -0.25) is 4.79 Å². The number of ether oxygens (including phenoxy) is 2. The fourth-order valence-electron chi connectivity index (χ4n) is 7.93. The van der Waals surface area contributed by atoms with Crippen LogP contribution in [0.2, 0.25) is 0 Å². The molecule has 0 radical (unpaired) electrons. The van der Waals surface area contributed by atoms with Crippen LogP contribution in [0.3, 0.4) is 0 Å². The first-order valence-electron chi connectivity index (χ1n) is 12.9. The van der Waals surface area contributed by atoms with Crippen LogP contribution in [0.15, 0.2) is 24.3 Å². The molecule has 1 saturated heterocycles. The number of nitrogens with zero attached hydrogens (tertiary/aromatic N) is 2. The molecule has 0 unspecified atom stereocenters. The number of hydrogen-bond donors (Lipinski definition) is 2. The van der Waals surface area contributed by atoms with Crippen molar-refractivity contribution in [3.8, 4) is 0 Å². The van der Waals surface area contributed by atoms with Crippen molar-refractivity contribution >= 4 is 38.6 Å². The second kappa shape index (κ2) is 6.66. The number of aromatic nitrogens is 2. The van der Waals surface area contributed by atoms with Crippen LogP contribution in [0.4, 0.5) is 0 Å². The molecule has 4 aromatic rings. The smallest absolute Gasteiger partial charge is 0.252 e. The number of carbonyl (C=O) groups is 1. The zero-order valence-corrected chi connectivity index (χ0v) is 20.4. The average molecular weight is 471 g/mol. The predicted octanol–water partition coefficient (Wildman–Crippen LogP) is 4.08. The van der Waals surface area contributed by atoms with E-state index in [1.165, 1.54) is 39.5 Å². The van der Waals surface area contributed by atoms with E-state index in [1.807, 2.05) is 7.05 Å². The number of benzene rings is 2. The van der Waals surface area contributed by atoms with Crippen molar-refractivity contribution in [3.63, 3.8) is 0 Å². The summed E-state index contributed by atoms with van der Waals surface area (Å²) in [6, 6.07) is 8.71. The van der Waals surface area contributed by atoms with Crippen LogP contribution in [-0.4, -0.2) is 41.3 Å². The third-order valence-electron chi connectivity index (χ3n) is 9.19. The number of amides is 1. The molecular formula is C28H30N4O3. The first-order valence-corrected chi connectivity index (χ1v) is 12.9. The summed E-state index contributed by atoms with van der Waals surface area (Å²) < 4.78 is 18.2. The summed E-state index contributed by atoms with van der Waals surface area (Å²) >= 11 is 0. The quantitative estimate of drug-likeness (QED) is 0.463. The number of nitrogens with one attached hydrogen (secondary N) is 2. The Bertz CT molecular complexity index is 1600. The van der Waals surface area contributed by atoms with E-state index in [0.29, 0.717) is 6.54 Å². The molecule has 1 aliphatic carbocycles. The van der Waals surface area contributed by atoms with Crippen LogP contribution >= 0.6 is 0 Å². The maximum Gasteiger partial charge on any atom is 0.252 e. The summed E-state index contributed by atoms with van der Waals surface area (Å²) in [4.78, 5) is 13.4. The highest BCUT2D eigenvalue weighted by Gasteiger charge is 2.53. The van der Waals surface area contributed by atoms with Gasteiger partial charge in [-0.25, -0.2) is 0 Å². The summed E-state index contributed by atoms with van der Waals surface area (Å²) in [5.41, 5.74) is 7.53. The van der Waals surface area contributed by atoms with E-state index < -0.39 is 5.72 Å². The van der Waals surface area contributed by atoms with Gasteiger partial charge in [0, 0.05) is 48.0 Å². The largest absolute Gasteiger partial charge is 0.375 e. The highest BCUT2D eigenvalue weighted by atomic mass is 16.6.